The van der Waals surface area contributed by atoms with E-state index in [9.17, 15) is 0 Å². The zero-order chi connectivity index (χ0) is 8.93. The molecule has 0 bridgehead atoms. The van der Waals surface area contributed by atoms with Gasteiger partial charge in [0.1, 0.15) is 0 Å². The van der Waals surface area contributed by atoms with E-state index in [-0.39, 0.29) is 0 Å². The summed E-state index contributed by atoms with van der Waals surface area (Å²) in [6, 6.07) is 0. The predicted octanol–water partition coefficient (Wildman–Crippen LogP) is 3.44. The van der Waals surface area contributed by atoms with Crippen molar-refractivity contribution in [3.8, 4) is 0 Å². The van der Waals surface area contributed by atoms with Crippen LogP contribution in [0.3, 0.4) is 0 Å². The second-order valence-electron chi connectivity index (χ2n) is 4.25. The SMILES string of the molecule is C1=CCCC2OC2CCCCCC1. The van der Waals surface area contributed by atoms with E-state index in [1.54, 1.807) is 0 Å². The summed E-state index contributed by atoms with van der Waals surface area (Å²) in [5.74, 6) is 0. The van der Waals surface area contributed by atoms with Gasteiger partial charge in [-0.1, -0.05) is 31.4 Å². The molecule has 1 heteroatoms. The van der Waals surface area contributed by atoms with Crippen molar-refractivity contribution in [1.29, 1.82) is 0 Å². The molecule has 1 fully saturated rings. The summed E-state index contributed by atoms with van der Waals surface area (Å²) in [6.45, 7) is 0. The maximum Gasteiger partial charge on any atom is 0.0844 e. The fourth-order valence-corrected chi connectivity index (χ4v) is 2.14. The van der Waals surface area contributed by atoms with Crippen molar-refractivity contribution in [3.05, 3.63) is 12.2 Å². The Morgan fingerprint density at radius 3 is 2.54 bits per heavy atom. The Balaban J connectivity index is 1.73. The molecule has 0 spiro atoms. The predicted molar refractivity (Wildman–Crippen MR) is 54.7 cm³/mol. The average Bonchev–Trinajstić information content (AvgIpc) is 2.83. The molecule has 2 aliphatic rings. The van der Waals surface area contributed by atoms with Gasteiger partial charge in [-0.25, -0.2) is 0 Å². The Hall–Kier alpha value is -0.300. The van der Waals surface area contributed by atoms with E-state index in [1.807, 2.05) is 0 Å². The van der Waals surface area contributed by atoms with Crippen molar-refractivity contribution in [2.24, 2.45) is 0 Å². The lowest BCUT2D eigenvalue weighted by atomic mass is 10.0. The molecule has 1 aliphatic heterocycles. The van der Waals surface area contributed by atoms with Crippen molar-refractivity contribution in [1.82, 2.24) is 0 Å². The number of ether oxygens (including phenoxy) is 1. The van der Waals surface area contributed by atoms with Crippen LogP contribution in [-0.2, 0) is 4.74 Å². The van der Waals surface area contributed by atoms with Crippen LogP contribution in [0.2, 0.25) is 0 Å². The molecule has 2 rings (SSSR count). The van der Waals surface area contributed by atoms with Crippen LogP contribution in [0.5, 0.6) is 0 Å². The number of hydrogen-bond acceptors (Lipinski definition) is 1. The average molecular weight is 180 g/mol. The number of allylic oxidation sites excluding steroid dienone is 2. The van der Waals surface area contributed by atoms with Crippen LogP contribution in [0.15, 0.2) is 12.2 Å². The van der Waals surface area contributed by atoms with Gasteiger partial charge in [-0.2, -0.15) is 0 Å². The van der Waals surface area contributed by atoms with Crippen LogP contribution < -0.4 is 0 Å². The van der Waals surface area contributed by atoms with Gasteiger partial charge in [-0.3, -0.25) is 0 Å². The van der Waals surface area contributed by atoms with Crippen LogP contribution in [0, 0.1) is 0 Å². The van der Waals surface area contributed by atoms with E-state index in [2.05, 4.69) is 12.2 Å². The fourth-order valence-electron chi connectivity index (χ4n) is 2.14. The Kier molecular flexibility index (Phi) is 3.42. The summed E-state index contributed by atoms with van der Waals surface area (Å²) in [5.41, 5.74) is 0. The highest BCUT2D eigenvalue weighted by atomic mass is 16.6. The van der Waals surface area contributed by atoms with E-state index in [1.165, 1.54) is 51.4 Å². The van der Waals surface area contributed by atoms with Crippen LogP contribution in [0.4, 0.5) is 0 Å². The molecule has 1 aliphatic carbocycles. The third-order valence-electron chi connectivity index (χ3n) is 3.08. The molecule has 1 nitrogen and oxygen atoms in total. The minimum absolute atomic E-state index is 0.615. The zero-order valence-corrected chi connectivity index (χ0v) is 8.37. The number of fused-ring (bicyclic) bond motifs is 1. The van der Waals surface area contributed by atoms with Gasteiger partial charge in [0.05, 0.1) is 12.2 Å². The summed E-state index contributed by atoms with van der Waals surface area (Å²) >= 11 is 0. The summed E-state index contributed by atoms with van der Waals surface area (Å²) in [5, 5.41) is 0. The lowest BCUT2D eigenvalue weighted by Crippen LogP contribution is -1.94. The molecule has 1 saturated heterocycles. The number of epoxide rings is 1. The monoisotopic (exact) mass is 180 g/mol. The van der Waals surface area contributed by atoms with Gasteiger partial charge in [0, 0.05) is 0 Å². The minimum Gasteiger partial charge on any atom is -0.370 e. The normalized spacial score (nSPS) is 35.7. The first-order chi connectivity index (χ1) is 6.47. The number of hydrogen-bond donors (Lipinski definition) is 0. The maximum atomic E-state index is 5.60. The number of rotatable bonds is 0. The Labute approximate surface area is 81.2 Å². The van der Waals surface area contributed by atoms with Crippen molar-refractivity contribution in [2.75, 3.05) is 0 Å². The zero-order valence-electron chi connectivity index (χ0n) is 8.37. The Bertz CT molecular complexity index is 174. The topological polar surface area (TPSA) is 12.5 Å². The lowest BCUT2D eigenvalue weighted by molar-refractivity contribution is 0.352. The molecule has 0 aromatic heterocycles. The standard InChI is InChI=1S/C12H20O/c1-2-4-6-8-10-12-11(13-12)9-7-5-3-1/h3,5,11-12H,1-2,4,6-10H2. The lowest BCUT2D eigenvalue weighted by Gasteiger charge is -1.99. The van der Waals surface area contributed by atoms with Gasteiger partial charge in [0.25, 0.3) is 0 Å². The third kappa shape index (κ3) is 3.15. The molecule has 0 amide bonds. The molecule has 2 unspecified atom stereocenters. The molecular formula is C12H20O. The highest BCUT2D eigenvalue weighted by Crippen LogP contribution is 2.31. The van der Waals surface area contributed by atoms with E-state index >= 15 is 0 Å². The van der Waals surface area contributed by atoms with Crippen molar-refractivity contribution < 1.29 is 4.74 Å². The second-order valence-corrected chi connectivity index (χ2v) is 4.25. The summed E-state index contributed by atoms with van der Waals surface area (Å²) < 4.78 is 5.60. The summed E-state index contributed by atoms with van der Waals surface area (Å²) in [7, 11) is 0. The van der Waals surface area contributed by atoms with Gasteiger partial charge < -0.3 is 4.74 Å². The van der Waals surface area contributed by atoms with Gasteiger partial charge in [0.2, 0.25) is 0 Å². The third-order valence-corrected chi connectivity index (χ3v) is 3.08. The summed E-state index contributed by atoms with van der Waals surface area (Å²) in [6.07, 6.45) is 16.6. The Morgan fingerprint density at radius 2 is 1.54 bits per heavy atom. The minimum atomic E-state index is 0.615. The molecule has 13 heavy (non-hydrogen) atoms. The van der Waals surface area contributed by atoms with E-state index in [0.29, 0.717) is 12.2 Å². The first kappa shape index (κ1) is 9.26. The van der Waals surface area contributed by atoms with Crippen molar-refractivity contribution in [3.63, 3.8) is 0 Å². The quantitative estimate of drug-likeness (QED) is 0.411. The van der Waals surface area contributed by atoms with E-state index < -0.39 is 0 Å². The molecule has 0 radical (unpaired) electrons. The Morgan fingerprint density at radius 1 is 0.769 bits per heavy atom. The first-order valence-corrected chi connectivity index (χ1v) is 5.77. The highest BCUT2D eigenvalue weighted by molar-refractivity contribution is 4.89. The molecule has 0 aromatic rings. The smallest absolute Gasteiger partial charge is 0.0844 e. The van der Waals surface area contributed by atoms with Crippen LogP contribution in [-0.4, -0.2) is 12.2 Å². The second kappa shape index (κ2) is 4.80. The van der Waals surface area contributed by atoms with Gasteiger partial charge in [-0.05, 0) is 32.1 Å². The van der Waals surface area contributed by atoms with Gasteiger partial charge >= 0.3 is 0 Å². The van der Waals surface area contributed by atoms with Crippen molar-refractivity contribution in [2.45, 2.75) is 63.6 Å². The van der Waals surface area contributed by atoms with E-state index in [0.717, 1.165) is 0 Å². The fraction of sp³-hybridized carbons (Fsp3) is 0.833. The molecule has 74 valence electrons. The van der Waals surface area contributed by atoms with Gasteiger partial charge in [0.15, 0.2) is 0 Å². The largest absolute Gasteiger partial charge is 0.370 e. The van der Waals surface area contributed by atoms with Crippen LogP contribution in [0.25, 0.3) is 0 Å². The van der Waals surface area contributed by atoms with Crippen LogP contribution >= 0.6 is 0 Å². The molecule has 0 aromatic carbocycles. The molecular weight excluding hydrogens is 160 g/mol. The maximum absolute atomic E-state index is 5.60. The summed E-state index contributed by atoms with van der Waals surface area (Å²) in [4.78, 5) is 0. The van der Waals surface area contributed by atoms with Gasteiger partial charge in [-0.15, -0.1) is 0 Å². The van der Waals surface area contributed by atoms with Crippen LogP contribution in [0.1, 0.15) is 51.4 Å². The van der Waals surface area contributed by atoms with Crippen molar-refractivity contribution >= 4 is 0 Å². The molecule has 2 atom stereocenters. The molecule has 0 saturated carbocycles. The molecule has 0 N–H and O–H groups in total. The van der Waals surface area contributed by atoms with E-state index in [4.69, 9.17) is 4.74 Å². The molecule has 1 heterocycles. The first-order valence-electron chi connectivity index (χ1n) is 5.77. The highest BCUT2D eigenvalue weighted by Gasteiger charge is 2.36.